The van der Waals surface area contributed by atoms with Crippen LogP contribution in [0.3, 0.4) is 0 Å². The van der Waals surface area contributed by atoms with Crippen LogP contribution in [0.4, 0.5) is 4.39 Å². The summed E-state index contributed by atoms with van der Waals surface area (Å²) < 4.78 is 18.3. The summed E-state index contributed by atoms with van der Waals surface area (Å²) in [5, 5.41) is 2.82. The standard InChI is InChI=1S/C13H18FN3O2/c1-9(19-11-4-2-10(14)3-5-11)8-15-13(18)12-6-7-16-17-12/h2-5,9,12,16-17H,6-8H2,1H3,(H,15,18). The smallest absolute Gasteiger partial charge is 0.238 e. The second-order valence-electron chi connectivity index (χ2n) is 4.54. The molecule has 0 saturated carbocycles. The summed E-state index contributed by atoms with van der Waals surface area (Å²) in [6.07, 6.45) is 0.600. The van der Waals surface area contributed by atoms with Crippen LogP contribution in [0.1, 0.15) is 13.3 Å². The molecule has 1 aromatic rings. The van der Waals surface area contributed by atoms with E-state index in [4.69, 9.17) is 4.74 Å². The minimum Gasteiger partial charge on any atom is -0.489 e. The van der Waals surface area contributed by atoms with E-state index in [0.29, 0.717) is 12.3 Å². The number of hydrogen-bond acceptors (Lipinski definition) is 4. The molecule has 1 fully saturated rings. The topological polar surface area (TPSA) is 62.4 Å². The Labute approximate surface area is 111 Å². The monoisotopic (exact) mass is 267 g/mol. The van der Waals surface area contributed by atoms with Crippen molar-refractivity contribution in [3.63, 3.8) is 0 Å². The summed E-state index contributed by atoms with van der Waals surface area (Å²) in [6, 6.07) is 5.63. The number of hydrazine groups is 1. The lowest BCUT2D eigenvalue weighted by molar-refractivity contribution is -0.123. The number of benzene rings is 1. The van der Waals surface area contributed by atoms with Gasteiger partial charge in [-0.15, -0.1) is 0 Å². The van der Waals surface area contributed by atoms with Crippen molar-refractivity contribution in [1.82, 2.24) is 16.2 Å². The minimum atomic E-state index is -0.298. The summed E-state index contributed by atoms with van der Waals surface area (Å²) in [5.74, 6) is 0.247. The molecule has 19 heavy (non-hydrogen) atoms. The van der Waals surface area contributed by atoms with Crippen molar-refractivity contribution in [2.45, 2.75) is 25.5 Å². The summed E-state index contributed by atoms with van der Waals surface area (Å²) in [6.45, 7) is 3.05. The van der Waals surface area contributed by atoms with Gasteiger partial charge in [0, 0.05) is 6.54 Å². The second kappa shape index (κ2) is 6.49. The van der Waals surface area contributed by atoms with Crippen LogP contribution in [0.25, 0.3) is 0 Å². The largest absolute Gasteiger partial charge is 0.489 e. The molecule has 1 aromatic carbocycles. The number of amides is 1. The molecule has 104 valence electrons. The third-order valence-corrected chi connectivity index (χ3v) is 2.87. The number of nitrogens with one attached hydrogen (secondary N) is 3. The summed E-state index contributed by atoms with van der Waals surface area (Å²) in [7, 11) is 0. The van der Waals surface area contributed by atoms with Gasteiger partial charge in [0.25, 0.3) is 0 Å². The van der Waals surface area contributed by atoms with Gasteiger partial charge in [-0.25, -0.2) is 9.82 Å². The van der Waals surface area contributed by atoms with E-state index < -0.39 is 0 Å². The Balaban J connectivity index is 1.73. The molecule has 2 unspecified atom stereocenters. The number of hydrogen-bond donors (Lipinski definition) is 3. The number of rotatable bonds is 5. The van der Waals surface area contributed by atoms with Gasteiger partial charge < -0.3 is 10.1 Å². The van der Waals surface area contributed by atoms with E-state index in [1.165, 1.54) is 12.1 Å². The van der Waals surface area contributed by atoms with Gasteiger partial charge in [0.2, 0.25) is 5.91 Å². The molecule has 1 saturated heterocycles. The molecule has 3 N–H and O–H groups in total. The van der Waals surface area contributed by atoms with Crippen LogP contribution < -0.4 is 20.9 Å². The summed E-state index contributed by atoms with van der Waals surface area (Å²) >= 11 is 0. The first kappa shape index (κ1) is 13.8. The minimum absolute atomic E-state index is 0.0421. The maximum atomic E-state index is 12.7. The van der Waals surface area contributed by atoms with E-state index in [2.05, 4.69) is 16.2 Å². The highest BCUT2D eigenvalue weighted by molar-refractivity contribution is 5.81. The maximum Gasteiger partial charge on any atom is 0.238 e. The zero-order valence-electron chi connectivity index (χ0n) is 10.8. The van der Waals surface area contributed by atoms with Gasteiger partial charge in [-0.05, 0) is 37.6 Å². The quantitative estimate of drug-likeness (QED) is 0.730. The molecular formula is C13H18FN3O2. The van der Waals surface area contributed by atoms with Crippen molar-refractivity contribution in [2.75, 3.05) is 13.1 Å². The van der Waals surface area contributed by atoms with E-state index in [1.54, 1.807) is 12.1 Å². The molecule has 5 nitrogen and oxygen atoms in total. The highest BCUT2D eigenvalue weighted by Gasteiger charge is 2.21. The lowest BCUT2D eigenvalue weighted by atomic mass is 10.2. The third kappa shape index (κ3) is 4.18. The lowest BCUT2D eigenvalue weighted by Crippen LogP contribution is -2.45. The summed E-state index contributed by atoms with van der Waals surface area (Å²) in [4.78, 5) is 11.7. The second-order valence-corrected chi connectivity index (χ2v) is 4.54. The van der Waals surface area contributed by atoms with Crippen molar-refractivity contribution >= 4 is 5.91 Å². The number of ether oxygens (including phenoxy) is 1. The van der Waals surface area contributed by atoms with E-state index in [1.807, 2.05) is 6.92 Å². The Bertz CT molecular complexity index is 418. The molecule has 1 aliphatic heterocycles. The van der Waals surface area contributed by atoms with Crippen molar-refractivity contribution < 1.29 is 13.9 Å². The first-order chi connectivity index (χ1) is 9.15. The highest BCUT2D eigenvalue weighted by Crippen LogP contribution is 2.12. The van der Waals surface area contributed by atoms with Crippen molar-refractivity contribution in [1.29, 1.82) is 0 Å². The zero-order valence-corrected chi connectivity index (χ0v) is 10.8. The van der Waals surface area contributed by atoms with Crippen LogP contribution in [0.15, 0.2) is 24.3 Å². The molecule has 2 rings (SSSR count). The van der Waals surface area contributed by atoms with Gasteiger partial charge in [0.15, 0.2) is 0 Å². The first-order valence-corrected chi connectivity index (χ1v) is 6.33. The van der Waals surface area contributed by atoms with Crippen molar-refractivity contribution in [3.8, 4) is 5.75 Å². The number of carbonyl (C=O) groups is 1. The van der Waals surface area contributed by atoms with E-state index in [0.717, 1.165) is 13.0 Å². The van der Waals surface area contributed by atoms with Crippen LogP contribution >= 0.6 is 0 Å². The molecule has 2 atom stereocenters. The third-order valence-electron chi connectivity index (χ3n) is 2.87. The lowest BCUT2D eigenvalue weighted by Gasteiger charge is -2.17. The normalized spacial score (nSPS) is 20.0. The molecular weight excluding hydrogens is 249 g/mol. The maximum absolute atomic E-state index is 12.7. The van der Waals surface area contributed by atoms with Crippen LogP contribution in [0.5, 0.6) is 5.75 Å². The molecule has 0 radical (unpaired) electrons. The van der Waals surface area contributed by atoms with E-state index in [-0.39, 0.29) is 23.9 Å². The zero-order chi connectivity index (χ0) is 13.7. The Kier molecular flexibility index (Phi) is 4.70. The van der Waals surface area contributed by atoms with Crippen molar-refractivity contribution in [3.05, 3.63) is 30.1 Å². The van der Waals surface area contributed by atoms with Crippen LogP contribution in [0.2, 0.25) is 0 Å². The predicted octanol–water partition coefficient (Wildman–Crippen LogP) is 0.576. The fraction of sp³-hybridized carbons (Fsp3) is 0.462. The fourth-order valence-electron chi connectivity index (χ4n) is 1.84. The molecule has 0 bridgehead atoms. The van der Waals surface area contributed by atoms with Gasteiger partial charge in [-0.2, -0.15) is 0 Å². The average molecular weight is 267 g/mol. The molecule has 0 aliphatic carbocycles. The van der Waals surface area contributed by atoms with Crippen LogP contribution in [-0.2, 0) is 4.79 Å². The first-order valence-electron chi connectivity index (χ1n) is 6.33. The van der Waals surface area contributed by atoms with E-state index >= 15 is 0 Å². The van der Waals surface area contributed by atoms with Gasteiger partial charge in [-0.3, -0.25) is 10.2 Å². The number of carbonyl (C=O) groups excluding carboxylic acids is 1. The molecule has 1 aliphatic rings. The van der Waals surface area contributed by atoms with Crippen molar-refractivity contribution in [2.24, 2.45) is 0 Å². The molecule has 0 aromatic heterocycles. The Morgan fingerprint density at radius 2 is 2.26 bits per heavy atom. The van der Waals surface area contributed by atoms with Crippen LogP contribution in [-0.4, -0.2) is 31.1 Å². The van der Waals surface area contributed by atoms with Crippen LogP contribution in [0, 0.1) is 5.82 Å². The number of halogens is 1. The average Bonchev–Trinajstić information content (AvgIpc) is 2.93. The molecule has 6 heteroatoms. The molecule has 1 amide bonds. The fourth-order valence-corrected chi connectivity index (χ4v) is 1.84. The van der Waals surface area contributed by atoms with Gasteiger partial charge in [0.05, 0.1) is 6.54 Å². The molecule has 0 spiro atoms. The van der Waals surface area contributed by atoms with Gasteiger partial charge >= 0.3 is 0 Å². The molecule has 1 heterocycles. The Hall–Kier alpha value is -1.66. The SMILES string of the molecule is CC(CNC(=O)C1CCNN1)Oc1ccc(F)cc1. The summed E-state index contributed by atoms with van der Waals surface area (Å²) in [5.41, 5.74) is 5.80. The van der Waals surface area contributed by atoms with Gasteiger partial charge in [0.1, 0.15) is 23.7 Å². The van der Waals surface area contributed by atoms with Gasteiger partial charge in [-0.1, -0.05) is 0 Å². The highest BCUT2D eigenvalue weighted by atomic mass is 19.1. The predicted molar refractivity (Wildman–Crippen MR) is 69.0 cm³/mol. The van der Waals surface area contributed by atoms with E-state index in [9.17, 15) is 9.18 Å². The Morgan fingerprint density at radius 1 is 1.53 bits per heavy atom. The Morgan fingerprint density at radius 3 is 2.89 bits per heavy atom.